The molecule has 0 atom stereocenters. The Labute approximate surface area is 127 Å². The summed E-state index contributed by atoms with van der Waals surface area (Å²) in [5.74, 6) is 0.649. The molecule has 1 aromatic heterocycles. The minimum atomic E-state index is -0.456. The number of hydrogen-bond donors (Lipinski definition) is 2. The first kappa shape index (κ1) is 15.5. The van der Waals surface area contributed by atoms with Gasteiger partial charge in [0.1, 0.15) is 11.6 Å². The van der Waals surface area contributed by atoms with Crippen molar-refractivity contribution in [2.45, 2.75) is 6.92 Å². The Morgan fingerprint density at radius 2 is 2.10 bits per heavy atom. The second kappa shape index (κ2) is 7.19. The van der Waals surface area contributed by atoms with E-state index in [1.807, 2.05) is 6.92 Å². The third-order valence-corrected chi connectivity index (χ3v) is 2.93. The van der Waals surface area contributed by atoms with Gasteiger partial charge in [0.25, 0.3) is 0 Å². The highest BCUT2D eigenvalue weighted by Crippen LogP contribution is 2.22. The monoisotopic (exact) mass is 310 g/mol. The summed E-state index contributed by atoms with van der Waals surface area (Å²) in [6, 6.07) is 6.19. The van der Waals surface area contributed by atoms with Crippen LogP contribution >= 0.6 is 11.6 Å². The van der Waals surface area contributed by atoms with Crippen LogP contribution < -0.4 is 10.6 Å². The fraction of sp³-hybridized carbons (Fsp3) is 0.286. The number of nitrogens with zero attached hydrogens (tertiary/aromatic N) is 2. The molecule has 2 aromatic rings. The van der Waals surface area contributed by atoms with Crippen molar-refractivity contribution < 1.29 is 9.13 Å². The molecule has 1 heterocycles. The van der Waals surface area contributed by atoms with Gasteiger partial charge in [0.15, 0.2) is 0 Å². The lowest BCUT2D eigenvalue weighted by Crippen LogP contribution is -2.11. The average Bonchev–Trinajstić information content (AvgIpc) is 2.43. The number of benzene rings is 1. The minimum absolute atomic E-state index is 0.0595. The first-order valence-electron chi connectivity index (χ1n) is 6.39. The summed E-state index contributed by atoms with van der Waals surface area (Å²) in [7, 11) is 1.63. The molecular weight excluding hydrogens is 295 g/mol. The van der Waals surface area contributed by atoms with Gasteiger partial charge in [-0.25, -0.2) is 9.37 Å². The summed E-state index contributed by atoms with van der Waals surface area (Å²) in [5, 5.41) is 6.19. The Morgan fingerprint density at radius 1 is 1.29 bits per heavy atom. The van der Waals surface area contributed by atoms with Gasteiger partial charge in [-0.2, -0.15) is 4.98 Å². The van der Waals surface area contributed by atoms with Gasteiger partial charge in [0, 0.05) is 31.1 Å². The Morgan fingerprint density at radius 3 is 2.81 bits per heavy atom. The largest absolute Gasteiger partial charge is 0.383 e. The number of anilines is 3. The molecule has 0 fully saturated rings. The van der Waals surface area contributed by atoms with E-state index in [0.29, 0.717) is 30.6 Å². The molecule has 0 amide bonds. The molecule has 0 radical (unpaired) electrons. The van der Waals surface area contributed by atoms with E-state index in [1.54, 1.807) is 19.2 Å². The highest BCUT2D eigenvalue weighted by atomic mass is 35.5. The van der Waals surface area contributed by atoms with Crippen molar-refractivity contribution in [3.05, 3.63) is 40.8 Å². The Kier molecular flexibility index (Phi) is 5.30. The van der Waals surface area contributed by atoms with Crippen LogP contribution in [0.25, 0.3) is 0 Å². The molecule has 2 N–H and O–H groups in total. The van der Waals surface area contributed by atoms with E-state index in [9.17, 15) is 4.39 Å². The average molecular weight is 311 g/mol. The third kappa shape index (κ3) is 4.54. The van der Waals surface area contributed by atoms with Crippen molar-refractivity contribution >= 4 is 29.1 Å². The lowest BCUT2D eigenvalue weighted by molar-refractivity contribution is 0.210. The number of methoxy groups -OCH3 is 1. The molecule has 112 valence electrons. The molecule has 0 aliphatic carbocycles. The SMILES string of the molecule is COCCNc1nc(C)cc(Nc2ccc(F)c(Cl)c2)n1. The van der Waals surface area contributed by atoms with Gasteiger partial charge >= 0.3 is 0 Å². The molecule has 0 bridgehead atoms. The second-order valence-electron chi connectivity index (χ2n) is 4.39. The zero-order valence-corrected chi connectivity index (χ0v) is 12.5. The van der Waals surface area contributed by atoms with Crippen LogP contribution in [0.1, 0.15) is 5.69 Å². The maximum atomic E-state index is 13.1. The van der Waals surface area contributed by atoms with Crippen LogP contribution in [0.15, 0.2) is 24.3 Å². The number of nitrogens with one attached hydrogen (secondary N) is 2. The quantitative estimate of drug-likeness (QED) is 0.801. The smallest absolute Gasteiger partial charge is 0.224 e. The maximum Gasteiger partial charge on any atom is 0.224 e. The lowest BCUT2D eigenvalue weighted by Gasteiger charge is -2.10. The molecule has 7 heteroatoms. The topological polar surface area (TPSA) is 59.1 Å². The highest BCUT2D eigenvalue weighted by molar-refractivity contribution is 6.31. The summed E-state index contributed by atoms with van der Waals surface area (Å²) >= 11 is 5.75. The van der Waals surface area contributed by atoms with Gasteiger partial charge in [-0.05, 0) is 25.1 Å². The molecule has 0 aliphatic rings. The van der Waals surface area contributed by atoms with Gasteiger partial charge in [-0.15, -0.1) is 0 Å². The summed E-state index contributed by atoms with van der Waals surface area (Å²) in [5.41, 5.74) is 1.46. The summed E-state index contributed by atoms with van der Waals surface area (Å²) < 4.78 is 18.1. The van der Waals surface area contributed by atoms with E-state index >= 15 is 0 Å². The molecule has 0 aliphatic heterocycles. The molecule has 2 rings (SSSR count). The number of rotatable bonds is 6. The van der Waals surface area contributed by atoms with E-state index in [1.165, 1.54) is 12.1 Å². The predicted octanol–water partition coefficient (Wildman–Crippen LogP) is 3.38. The number of halogens is 2. The van der Waals surface area contributed by atoms with Crippen LogP contribution in [0.3, 0.4) is 0 Å². The van der Waals surface area contributed by atoms with Gasteiger partial charge in [0.2, 0.25) is 5.95 Å². The molecular formula is C14H16ClFN4O. The predicted molar refractivity (Wildman–Crippen MR) is 81.8 cm³/mol. The number of aromatic nitrogens is 2. The first-order valence-corrected chi connectivity index (χ1v) is 6.77. The highest BCUT2D eigenvalue weighted by Gasteiger charge is 2.05. The van der Waals surface area contributed by atoms with Gasteiger partial charge in [-0.3, -0.25) is 0 Å². The van der Waals surface area contributed by atoms with Crippen LogP contribution in [0, 0.1) is 12.7 Å². The summed E-state index contributed by atoms with van der Waals surface area (Å²) in [4.78, 5) is 8.60. The molecule has 21 heavy (non-hydrogen) atoms. The Balaban J connectivity index is 2.13. The third-order valence-electron chi connectivity index (χ3n) is 2.64. The number of ether oxygens (including phenoxy) is 1. The maximum absolute atomic E-state index is 13.1. The molecule has 5 nitrogen and oxygen atoms in total. The van der Waals surface area contributed by atoms with E-state index in [4.69, 9.17) is 16.3 Å². The Hall–Kier alpha value is -1.92. The number of hydrogen-bond acceptors (Lipinski definition) is 5. The molecule has 0 saturated carbocycles. The molecule has 0 unspecified atom stereocenters. The minimum Gasteiger partial charge on any atom is -0.383 e. The zero-order valence-electron chi connectivity index (χ0n) is 11.8. The van der Waals surface area contributed by atoms with E-state index in [-0.39, 0.29) is 5.02 Å². The van der Waals surface area contributed by atoms with Crippen molar-refractivity contribution in [1.82, 2.24) is 9.97 Å². The normalized spacial score (nSPS) is 10.5. The van der Waals surface area contributed by atoms with Crippen LogP contribution in [-0.4, -0.2) is 30.2 Å². The van der Waals surface area contributed by atoms with E-state index < -0.39 is 5.82 Å². The van der Waals surface area contributed by atoms with Crippen LogP contribution in [0.4, 0.5) is 21.8 Å². The van der Waals surface area contributed by atoms with Gasteiger partial charge in [0.05, 0.1) is 11.6 Å². The van der Waals surface area contributed by atoms with Crippen molar-refractivity contribution in [3.63, 3.8) is 0 Å². The fourth-order valence-corrected chi connectivity index (χ4v) is 1.88. The molecule has 1 aromatic carbocycles. The van der Waals surface area contributed by atoms with Crippen molar-refractivity contribution in [3.8, 4) is 0 Å². The van der Waals surface area contributed by atoms with E-state index in [2.05, 4.69) is 20.6 Å². The van der Waals surface area contributed by atoms with Crippen LogP contribution in [0.2, 0.25) is 5.02 Å². The molecule has 0 saturated heterocycles. The fourth-order valence-electron chi connectivity index (χ4n) is 1.70. The standard InChI is InChI=1S/C14H16ClFN4O/c1-9-7-13(20-14(18-9)17-5-6-21-2)19-10-3-4-12(16)11(15)8-10/h3-4,7-8H,5-6H2,1-2H3,(H2,17,18,19,20). The van der Waals surface area contributed by atoms with E-state index in [0.717, 1.165) is 5.69 Å². The van der Waals surface area contributed by atoms with Crippen molar-refractivity contribution in [2.75, 3.05) is 30.9 Å². The van der Waals surface area contributed by atoms with Gasteiger partial charge in [-0.1, -0.05) is 11.6 Å². The lowest BCUT2D eigenvalue weighted by atomic mass is 10.3. The van der Waals surface area contributed by atoms with Crippen molar-refractivity contribution in [2.24, 2.45) is 0 Å². The summed E-state index contributed by atoms with van der Waals surface area (Å²) in [6.07, 6.45) is 0. The molecule has 0 spiro atoms. The number of aryl methyl sites for hydroxylation is 1. The summed E-state index contributed by atoms with van der Waals surface area (Å²) in [6.45, 7) is 3.04. The first-order chi connectivity index (χ1) is 10.1. The van der Waals surface area contributed by atoms with Crippen LogP contribution in [0.5, 0.6) is 0 Å². The van der Waals surface area contributed by atoms with Crippen molar-refractivity contribution in [1.29, 1.82) is 0 Å². The van der Waals surface area contributed by atoms with Crippen LogP contribution in [-0.2, 0) is 4.74 Å². The Bertz CT molecular complexity index is 624. The second-order valence-corrected chi connectivity index (χ2v) is 4.80. The van der Waals surface area contributed by atoms with Gasteiger partial charge < -0.3 is 15.4 Å². The zero-order chi connectivity index (χ0) is 15.2.